The third kappa shape index (κ3) is 1.04. The van der Waals surface area contributed by atoms with E-state index in [1.807, 2.05) is 0 Å². The van der Waals surface area contributed by atoms with Crippen molar-refractivity contribution in [3.63, 3.8) is 0 Å². The van der Waals surface area contributed by atoms with E-state index in [1.54, 1.807) is 34.9 Å². The quantitative estimate of drug-likeness (QED) is 0.588. The zero-order valence-electron chi connectivity index (χ0n) is 4.53. The maximum absolute atomic E-state index is 2.19. The summed E-state index contributed by atoms with van der Waals surface area (Å²) in [5.41, 5.74) is 0. The van der Waals surface area contributed by atoms with Crippen molar-refractivity contribution in [2.75, 3.05) is 0 Å². The lowest BCUT2D eigenvalue weighted by Crippen LogP contribution is -1.68. The van der Waals surface area contributed by atoms with Crippen molar-refractivity contribution in [3.8, 4) is 0 Å². The maximum atomic E-state index is 2.19. The van der Waals surface area contributed by atoms with Gasteiger partial charge in [-0.2, -0.15) is 11.3 Å². The van der Waals surface area contributed by atoms with Crippen molar-refractivity contribution in [1.29, 1.82) is 0 Å². The molecule has 0 N–H and O–H groups in total. The fraction of sp³-hybridized carbons (Fsp3) is 0. The van der Waals surface area contributed by atoms with E-state index < -0.39 is 0 Å². The maximum Gasteiger partial charge on any atom is 0.0363 e. The minimum atomic E-state index is 1.41. The van der Waals surface area contributed by atoms with Crippen molar-refractivity contribution < 1.29 is 0 Å². The van der Waals surface area contributed by atoms with Gasteiger partial charge in [-0.3, -0.25) is 0 Å². The molecule has 1 aromatic rings. The Labute approximate surface area is 66.4 Å². The fourth-order valence-electron chi connectivity index (χ4n) is 0.648. The summed E-state index contributed by atoms with van der Waals surface area (Å²) in [7, 11) is 0. The predicted octanol–water partition coefficient (Wildman–Crippen LogP) is 3.42. The number of hydrogen-bond donors (Lipinski definition) is 0. The van der Waals surface area contributed by atoms with Crippen molar-refractivity contribution in [2.24, 2.45) is 0 Å². The highest BCUT2D eigenvalue weighted by Crippen LogP contribution is 2.39. The van der Waals surface area contributed by atoms with Gasteiger partial charge >= 0.3 is 0 Å². The molecule has 0 bridgehead atoms. The molecule has 9 heavy (non-hydrogen) atoms. The highest BCUT2D eigenvalue weighted by Gasteiger charge is 2.04. The molecule has 0 spiro atoms. The Kier molecular flexibility index (Phi) is 1.57. The second-order valence-corrected chi connectivity index (χ2v) is 4.25. The van der Waals surface area contributed by atoms with E-state index >= 15 is 0 Å². The molecular weight excluding hydrogens is 168 g/mol. The smallest absolute Gasteiger partial charge is 0.0363 e. The molecule has 0 atom stereocenters. The molecule has 2 rings (SSSR count). The average molecular weight is 172 g/mol. The van der Waals surface area contributed by atoms with Gasteiger partial charge in [0.1, 0.15) is 0 Å². The minimum absolute atomic E-state index is 1.41. The number of thioether (sulfide) groups is 2. The Morgan fingerprint density at radius 3 is 2.00 bits per heavy atom. The lowest BCUT2D eigenvalue weighted by Gasteiger charge is -2.00. The number of hydrogen-bond acceptors (Lipinski definition) is 3. The van der Waals surface area contributed by atoms with E-state index in [1.165, 1.54) is 9.79 Å². The van der Waals surface area contributed by atoms with E-state index in [9.17, 15) is 0 Å². The van der Waals surface area contributed by atoms with Crippen LogP contribution in [0.2, 0.25) is 0 Å². The summed E-state index contributed by atoms with van der Waals surface area (Å²) in [5, 5.41) is 8.63. The Balaban J connectivity index is 2.46. The Hall–Kier alpha value is 0.140. The van der Waals surface area contributed by atoms with Crippen LogP contribution in [0.1, 0.15) is 0 Å². The number of rotatable bonds is 0. The normalized spacial score (nSPS) is 15.6. The first kappa shape index (κ1) is 5.89. The summed E-state index contributed by atoms with van der Waals surface area (Å²) < 4.78 is 0. The van der Waals surface area contributed by atoms with Gasteiger partial charge in [-0.25, -0.2) is 0 Å². The molecule has 1 aliphatic heterocycles. The van der Waals surface area contributed by atoms with Crippen molar-refractivity contribution in [2.45, 2.75) is 9.79 Å². The SMILES string of the molecule is C1=CSc2cscc2S1. The lowest BCUT2D eigenvalue weighted by molar-refractivity contribution is 1.35. The van der Waals surface area contributed by atoms with Crippen LogP contribution in [0.5, 0.6) is 0 Å². The van der Waals surface area contributed by atoms with Gasteiger partial charge in [-0.05, 0) is 10.8 Å². The second-order valence-electron chi connectivity index (χ2n) is 1.61. The van der Waals surface area contributed by atoms with Crippen LogP contribution in [-0.4, -0.2) is 0 Å². The first-order valence-corrected chi connectivity index (χ1v) is 5.21. The molecule has 0 amide bonds. The van der Waals surface area contributed by atoms with Crippen LogP contribution in [0.15, 0.2) is 31.4 Å². The second kappa shape index (κ2) is 2.40. The van der Waals surface area contributed by atoms with Crippen molar-refractivity contribution in [1.82, 2.24) is 0 Å². The van der Waals surface area contributed by atoms with Crippen LogP contribution in [0.25, 0.3) is 0 Å². The highest BCUT2D eigenvalue weighted by molar-refractivity contribution is 8.08. The van der Waals surface area contributed by atoms with Gasteiger partial charge in [-0.15, -0.1) is 0 Å². The van der Waals surface area contributed by atoms with Crippen LogP contribution >= 0.6 is 34.9 Å². The van der Waals surface area contributed by atoms with Crippen molar-refractivity contribution >= 4 is 34.9 Å². The Morgan fingerprint density at radius 1 is 0.889 bits per heavy atom. The van der Waals surface area contributed by atoms with Gasteiger partial charge in [0, 0.05) is 20.6 Å². The topological polar surface area (TPSA) is 0 Å². The van der Waals surface area contributed by atoms with E-state index in [0.717, 1.165) is 0 Å². The predicted molar refractivity (Wildman–Crippen MR) is 45.2 cm³/mol. The first-order chi connectivity index (χ1) is 4.47. The van der Waals surface area contributed by atoms with Crippen LogP contribution in [0.4, 0.5) is 0 Å². The van der Waals surface area contributed by atoms with E-state index in [2.05, 4.69) is 21.6 Å². The zero-order valence-corrected chi connectivity index (χ0v) is 6.98. The summed E-state index contributed by atoms with van der Waals surface area (Å²) in [5.74, 6) is 0. The van der Waals surface area contributed by atoms with Gasteiger partial charge < -0.3 is 0 Å². The van der Waals surface area contributed by atoms with Crippen LogP contribution < -0.4 is 0 Å². The summed E-state index contributed by atoms with van der Waals surface area (Å²) in [6, 6.07) is 0. The van der Waals surface area contributed by atoms with Crippen LogP contribution in [-0.2, 0) is 0 Å². The Bertz CT molecular complexity index is 214. The molecule has 0 saturated carbocycles. The minimum Gasteiger partial charge on any atom is -0.150 e. The molecule has 0 unspecified atom stereocenters. The average Bonchev–Trinajstić information content (AvgIpc) is 2.33. The monoisotopic (exact) mass is 172 g/mol. The molecular formula is C6H4S3. The fourth-order valence-corrected chi connectivity index (χ4v) is 3.52. The van der Waals surface area contributed by atoms with Crippen molar-refractivity contribution in [3.05, 3.63) is 21.6 Å². The van der Waals surface area contributed by atoms with Gasteiger partial charge in [0.15, 0.2) is 0 Å². The molecule has 0 saturated heterocycles. The summed E-state index contributed by atoms with van der Waals surface area (Å²) in [4.78, 5) is 2.82. The third-order valence-corrected chi connectivity index (χ3v) is 4.11. The highest BCUT2D eigenvalue weighted by atomic mass is 32.2. The van der Waals surface area contributed by atoms with Gasteiger partial charge in [0.2, 0.25) is 0 Å². The van der Waals surface area contributed by atoms with Gasteiger partial charge in [0.25, 0.3) is 0 Å². The molecule has 0 nitrogen and oxygen atoms in total. The lowest BCUT2D eigenvalue weighted by atomic mass is 10.7. The number of fused-ring (bicyclic) bond motifs is 1. The van der Waals surface area contributed by atoms with Crippen LogP contribution in [0.3, 0.4) is 0 Å². The van der Waals surface area contributed by atoms with Gasteiger partial charge in [0.05, 0.1) is 0 Å². The largest absolute Gasteiger partial charge is 0.150 e. The first-order valence-electron chi connectivity index (χ1n) is 2.51. The van der Waals surface area contributed by atoms with E-state index in [-0.39, 0.29) is 0 Å². The Morgan fingerprint density at radius 2 is 1.44 bits per heavy atom. The summed E-state index contributed by atoms with van der Waals surface area (Å²) in [6.07, 6.45) is 0. The van der Waals surface area contributed by atoms with Crippen LogP contribution in [0, 0.1) is 0 Å². The van der Waals surface area contributed by atoms with E-state index in [4.69, 9.17) is 0 Å². The molecule has 0 aromatic carbocycles. The molecule has 2 heterocycles. The van der Waals surface area contributed by atoms with Gasteiger partial charge in [-0.1, -0.05) is 23.5 Å². The zero-order chi connectivity index (χ0) is 6.10. The molecule has 0 fully saturated rings. The summed E-state index contributed by atoms with van der Waals surface area (Å²) >= 11 is 5.38. The molecule has 3 heteroatoms. The number of thiophene rings is 1. The standard InChI is InChI=1S/C6H4S3/c1-2-9-6-4-7-3-5(6)8-1/h1-4H. The molecule has 0 radical (unpaired) electrons. The summed E-state index contributed by atoms with van der Waals surface area (Å²) in [6.45, 7) is 0. The molecule has 1 aliphatic rings. The third-order valence-electron chi connectivity index (χ3n) is 1.04. The van der Waals surface area contributed by atoms with E-state index in [0.29, 0.717) is 0 Å². The molecule has 1 aromatic heterocycles. The molecule has 46 valence electrons. The molecule has 0 aliphatic carbocycles.